The average molecular weight is 379 g/mol. The lowest BCUT2D eigenvalue weighted by Gasteiger charge is -2.22. The van der Waals surface area contributed by atoms with Gasteiger partial charge in [0.15, 0.2) is 11.5 Å². The molecule has 0 bridgehead atoms. The van der Waals surface area contributed by atoms with Gasteiger partial charge in [0.05, 0.1) is 30.3 Å². The molecule has 144 valence electrons. The smallest absolute Gasteiger partial charge is 0.270 e. The van der Waals surface area contributed by atoms with Crippen LogP contribution in [0.15, 0.2) is 36.4 Å². The lowest BCUT2D eigenvalue weighted by Crippen LogP contribution is -2.10. The van der Waals surface area contributed by atoms with E-state index >= 15 is 0 Å². The highest BCUT2D eigenvalue weighted by molar-refractivity contribution is 5.96. The van der Waals surface area contributed by atoms with Crippen molar-refractivity contribution in [2.45, 2.75) is 25.7 Å². The Morgan fingerprint density at radius 3 is 2.57 bits per heavy atom. The summed E-state index contributed by atoms with van der Waals surface area (Å²) in [6, 6.07) is 10.4. The number of pyridine rings is 1. The minimum Gasteiger partial charge on any atom is -0.493 e. The van der Waals surface area contributed by atoms with E-state index in [1.54, 1.807) is 26.4 Å². The molecule has 1 N–H and O–H groups in total. The zero-order chi connectivity index (χ0) is 19.7. The quantitative estimate of drug-likeness (QED) is 0.507. The molecule has 0 radical (unpaired) electrons. The maximum absolute atomic E-state index is 11.3. The summed E-state index contributed by atoms with van der Waals surface area (Å²) >= 11 is 0. The zero-order valence-electron chi connectivity index (χ0n) is 15.8. The van der Waals surface area contributed by atoms with Gasteiger partial charge in [-0.15, -0.1) is 0 Å². The molecule has 7 nitrogen and oxygen atoms in total. The number of rotatable bonds is 5. The third kappa shape index (κ3) is 3.19. The number of nitrogens with zero attached hydrogens (tertiary/aromatic N) is 2. The molecule has 2 aromatic carbocycles. The van der Waals surface area contributed by atoms with E-state index in [2.05, 4.69) is 5.32 Å². The Balaban J connectivity index is 1.88. The van der Waals surface area contributed by atoms with Crippen LogP contribution in [0.4, 0.5) is 17.1 Å². The van der Waals surface area contributed by atoms with E-state index in [9.17, 15) is 10.1 Å². The van der Waals surface area contributed by atoms with Crippen molar-refractivity contribution < 1.29 is 14.4 Å². The molecule has 0 unspecified atom stereocenters. The molecule has 1 aliphatic rings. The van der Waals surface area contributed by atoms with Gasteiger partial charge < -0.3 is 14.8 Å². The van der Waals surface area contributed by atoms with Gasteiger partial charge in [0.2, 0.25) is 0 Å². The molecular weight excluding hydrogens is 358 g/mol. The monoisotopic (exact) mass is 379 g/mol. The number of aromatic nitrogens is 1. The number of aryl methyl sites for hydroxylation is 1. The Morgan fingerprint density at radius 1 is 1.04 bits per heavy atom. The van der Waals surface area contributed by atoms with Crippen molar-refractivity contribution in [3.63, 3.8) is 0 Å². The van der Waals surface area contributed by atoms with Gasteiger partial charge in [0.25, 0.3) is 5.69 Å². The predicted molar refractivity (Wildman–Crippen MR) is 108 cm³/mol. The molecule has 0 saturated heterocycles. The van der Waals surface area contributed by atoms with Gasteiger partial charge in [0, 0.05) is 35.0 Å². The van der Waals surface area contributed by atoms with Crippen LogP contribution >= 0.6 is 0 Å². The van der Waals surface area contributed by atoms with Crippen LogP contribution in [0.1, 0.15) is 24.1 Å². The maximum Gasteiger partial charge on any atom is 0.270 e. The van der Waals surface area contributed by atoms with Gasteiger partial charge in [0.1, 0.15) is 0 Å². The third-order valence-electron chi connectivity index (χ3n) is 5.11. The number of nitrogens with one attached hydrogen (secondary N) is 1. The fraction of sp³-hybridized carbons (Fsp3) is 0.286. The fourth-order valence-corrected chi connectivity index (χ4v) is 3.73. The molecule has 1 aliphatic carbocycles. The molecule has 0 fully saturated rings. The number of benzene rings is 2. The van der Waals surface area contributed by atoms with Crippen molar-refractivity contribution in [3.05, 3.63) is 57.8 Å². The summed E-state index contributed by atoms with van der Waals surface area (Å²) in [5.41, 5.74) is 4.72. The lowest BCUT2D eigenvalue weighted by atomic mass is 9.92. The first kappa shape index (κ1) is 18.0. The van der Waals surface area contributed by atoms with E-state index in [4.69, 9.17) is 14.5 Å². The predicted octanol–water partition coefficient (Wildman–Crippen LogP) is 4.78. The Morgan fingerprint density at radius 2 is 1.82 bits per heavy atom. The van der Waals surface area contributed by atoms with Crippen molar-refractivity contribution in [1.29, 1.82) is 0 Å². The fourth-order valence-electron chi connectivity index (χ4n) is 3.73. The van der Waals surface area contributed by atoms with Crippen LogP contribution in [0.2, 0.25) is 0 Å². The average Bonchev–Trinajstić information content (AvgIpc) is 2.73. The summed E-state index contributed by atoms with van der Waals surface area (Å²) in [6.45, 7) is 0. The summed E-state index contributed by atoms with van der Waals surface area (Å²) in [6.07, 6.45) is 4.00. The maximum atomic E-state index is 11.3. The summed E-state index contributed by atoms with van der Waals surface area (Å²) < 4.78 is 10.7. The van der Waals surface area contributed by atoms with Gasteiger partial charge in [-0.3, -0.25) is 15.1 Å². The summed E-state index contributed by atoms with van der Waals surface area (Å²) in [7, 11) is 3.19. The molecular formula is C21H21N3O4. The first-order valence-electron chi connectivity index (χ1n) is 9.19. The first-order valence-corrected chi connectivity index (χ1v) is 9.19. The minimum atomic E-state index is -0.376. The van der Waals surface area contributed by atoms with Crippen molar-refractivity contribution in [2.75, 3.05) is 19.5 Å². The van der Waals surface area contributed by atoms with Gasteiger partial charge in [-0.2, -0.15) is 0 Å². The Hall–Kier alpha value is -3.35. The van der Waals surface area contributed by atoms with Crippen molar-refractivity contribution >= 4 is 28.0 Å². The molecule has 1 aromatic heterocycles. The molecule has 3 aromatic rings. The molecule has 0 spiro atoms. The van der Waals surface area contributed by atoms with E-state index in [0.29, 0.717) is 11.5 Å². The number of fused-ring (bicyclic) bond motifs is 2. The van der Waals surface area contributed by atoms with Crippen molar-refractivity contribution in [2.24, 2.45) is 0 Å². The summed E-state index contributed by atoms with van der Waals surface area (Å²) in [5.74, 6) is 1.26. The molecule has 4 rings (SSSR count). The van der Waals surface area contributed by atoms with Crippen LogP contribution < -0.4 is 14.8 Å². The number of anilines is 2. The van der Waals surface area contributed by atoms with E-state index in [1.165, 1.54) is 6.07 Å². The topological polar surface area (TPSA) is 86.5 Å². The Bertz CT molecular complexity index is 1070. The zero-order valence-corrected chi connectivity index (χ0v) is 15.8. The largest absolute Gasteiger partial charge is 0.493 e. The van der Waals surface area contributed by atoms with Gasteiger partial charge in [-0.25, -0.2) is 0 Å². The van der Waals surface area contributed by atoms with E-state index in [-0.39, 0.29) is 10.6 Å². The highest BCUT2D eigenvalue weighted by Gasteiger charge is 2.20. The van der Waals surface area contributed by atoms with Crippen LogP contribution in [0.25, 0.3) is 10.9 Å². The second-order valence-corrected chi connectivity index (χ2v) is 6.77. The lowest BCUT2D eigenvalue weighted by molar-refractivity contribution is -0.384. The van der Waals surface area contributed by atoms with E-state index < -0.39 is 0 Å². The van der Waals surface area contributed by atoms with Crippen LogP contribution in [0.5, 0.6) is 11.5 Å². The van der Waals surface area contributed by atoms with Gasteiger partial charge >= 0.3 is 0 Å². The number of hydrogen-bond acceptors (Lipinski definition) is 6. The van der Waals surface area contributed by atoms with Crippen LogP contribution in [0.3, 0.4) is 0 Å². The highest BCUT2D eigenvalue weighted by atomic mass is 16.6. The van der Waals surface area contributed by atoms with Crippen LogP contribution in [-0.2, 0) is 12.8 Å². The first-order chi connectivity index (χ1) is 13.6. The summed E-state index contributed by atoms with van der Waals surface area (Å²) in [5, 5.41) is 15.5. The standard InChI is InChI=1S/C21H21N3O4/c1-27-19-10-7-13(11-20(19)28-2)22-21-15-5-3-4-6-17(15)23-18-9-8-14(24(25)26)12-16(18)21/h7-12H,3-6H2,1-2H3,(H,22,23). The molecule has 1 heterocycles. The number of hydrogen-bond donors (Lipinski definition) is 1. The number of methoxy groups -OCH3 is 2. The molecule has 7 heteroatoms. The SMILES string of the molecule is COc1ccc(Nc2c3c(nc4ccc([N+](=O)[O-])cc24)CCCC3)cc1OC. The second kappa shape index (κ2) is 7.34. The molecule has 0 atom stereocenters. The number of nitro benzene ring substituents is 1. The van der Waals surface area contributed by atoms with E-state index in [1.807, 2.05) is 18.2 Å². The van der Waals surface area contributed by atoms with E-state index in [0.717, 1.165) is 59.2 Å². The molecule has 0 amide bonds. The van der Waals surface area contributed by atoms with Crippen molar-refractivity contribution in [3.8, 4) is 11.5 Å². The second-order valence-electron chi connectivity index (χ2n) is 6.77. The number of ether oxygens (including phenoxy) is 2. The summed E-state index contributed by atoms with van der Waals surface area (Å²) in [4.78, 5) is 15.7. The number of non-ortho nitro benzene ring substituents is 1. The van der Waals surface area contributed by atoms with Crippen LogP contribution in [-0.4, -0.2) is 24.1 Å². The Kier molecular flexibility index (Phi) is 4.73. The molecule has 0 saturated carbocycles. The third-order valence-corrected chi connectivity index (χ3v) is 5.11. The van der Waals surface area contributed by atoms with Crippen LogP contribution in [0, 0.1) is 10.1 Å². The normalized spacial score (nSPS) is 13.1. The minimum absolute atomic E-state index is 0.0559. The Labute approximate surface area is 162 Å². The van der Waals surface area contributed by atoms with Gasteiger partial charge in [-0.1, -0.05) is 0 Å². The van der Waals surface area contributed by atoms with Crippen molar-refractivity contribution in [1.82, 2.24) is 4.98 Å². The molecule has 0 aliphatic heterocycles. The highest BCUT2D eigenvalue weighted by Crippen LogP contribution is 2.38. The molecule has 28 heavy (non-hydrogen) atoms. The number of nitro groups is 1. The van der Waals surface area contributed by atoms with Gasteiger partial charge in [-0.05, 0) is 49.4 Å².